The quantitative estimate of drug-likeness (QED) is 0.442. The van der Waals surface area contributed by atoms with Gasteiger partial charge in [0, 0.05) is 25.6 Å². The molecule has 1 N–H and O–H groups in total. The summed E-state index contributed by atoms with van der Waals surface area (Å²) in [7, 11) is 0. The molecule has 3 heterocycles. The first-order valence-corrected chi connectivity index (χ1v) is 12.3. The van der Waals surface area contributed by atoms with Gasteiger partial charge in [0.2, 0.25) is 0 Å². The molecule has 0 aliphatic carbocycles. The summed E-state index contributed by atoms with van der Waals surface area (Å²) in [5.74, 6) is 1.72. The fraction of sp³-hybridized carbons (Fsp3) is 0.480. The third-order valence-electron chi connectivity index (χ3n) is 6.79. The van der Waals surface area contributed by atoms with Crippen LogP contribution in [0.4, 0.5) is 0 Å². The summed E-state index contributed by atoms with van der Waals surface area (Å²) in [6.07, 6.45) is 5.89. The van der Waals surface area contributed by atoms with Crippen molar-refractivity contribution in [1.29, 1.82) is 0 Å². The van der Waals surface area contributed by atoms with Gasteiger partial charge in [-0.3, -0.25) is 4.90 Å². The van der Waals surface area contributed by atoms with Gasteiger partial charge in [-0.1, -0.05) is 53.9 Å². The molecular formula is C25H30Cl2N4. The van der Waals surface area contributed by atoms with Gasteiger partial charge in [0.1, 0.15) is 5.82 Å². The number of hydrogen-bond donors (Lipinski definition) is 1. The lowest BCUT2D eigenvalue weighted by atomic mass is 9.97. The highest BCUT2D eigenvalue weighted by Gasteiger charge is 2.23. The second-order valence-electron chi connectivity index (χ2n) is 8.94. The number of hydrogen-bond acceptors (Lipinski definition) is 3. The Morgan fingerprint density at radius 2 is 1.58 bits per heavy atom. The van der Waals surface area contributed by atoms with Gasteiger partial charge in [-0.15, -0.1) is 0 Å². The number of aromatic nitrogens is 2. The highest BCUT2D eigenvalue weighted by Crippen LogP contribution is 2.33. The maximum Gasteiger partial charge on any atom is 0.113 e. The van der Waals surface area contributed by atoms with E-state index in [1.54, 1.807) is 0 Å². The molecule has 5 rings (SSSR count). The molecule has 1 fully saturated rings. The molecule has 2 aliphatic heterocycles. The SMILES string of the molecule is Clc1cc2nc(C3CCNCC3)n(CCCCCN3Cc4ccccc4C3)c2cc1Cl. The molecule has 0 bridgehead atoms. The van der Waals surface area contributed by atoms with Crippen LogP contribution in [0.15, 0.2) is 36.4 Å². The molecule has 164 valence electrons. The molecule has 2 aromatic carbocycles. The topological polar surface area (TPSA) is 33.1 Å². The van der Waals surface area contributed by atoms with Crippen LogP contribution in [0.3, 0.4) is 0 Å². The lowest BCUT2D eigenvalue weighted by Crippen LogP contribution is -2.28. The molecule has 1 aromatic heterocycles. The number of aryl methyl sites for hydroxylation is 1. The van der Waals surface area contributed by atoms with Crippen LogP contribution in [0.1, 0.15) is 55.0 Å². The van der Waals surface area contributed by atoms with E-state index in [-0.39, 0.29) is 0 Å². The Bertz CT molecular complexity index is 1030. The van der Waals surface area contributed by atoms with Crippen molar-refractivity contribution < 1.29 is 0 Å². The first-order chi connectivity index (χ1) is 15.2. The van der Waals surface area contributed by atoms with E-state index in [1.165, 1.54) is 36.3 Å². The number of imidazole rings is 1. The van der Waals surface area contributed by atoms with Crippen molar-refractivity contribution in [2.45, 2.75) is 57.7 Å². The maximum absolute atomic E-state index is 6.36. The van der Waals surface area contributed by atoms with E-state index in [1.807, 2.05) is 12.1 Å². The Morgan fingerprint density at radius 3 is 2.32 bits per heavy atom. The number of piperidine rings is 1. The maximum atomic E-state index is 6.36. The van der Waals surface area contributed by atoms with Crippen LogP contribution in [-0.2, 0) is 19.6 Å². The fourth-order valence-electron chi connectivity index (χ4n) is 5.11. The van der Waals surface area contributed by atoms with E-state index in [0.29, 0.717) is 16.0 Å². The molecule has 0 amide bonds. The number of halogens is 2. The Morgan fingerprint density at radius 1 is 0.903 bits per heavy atom. The normalized spacial score (nSPS) is 17.5. The van der Waals surface area contributed by atoms with E-state index in [4.69, 9.17) is 28.2 Å². The van der Waals surface area contributed by atoms with Crippen molar-refractivity contribution in [2.24, 2.45) is 0 Å². The second-order valence-corrected chi connectivity index (χ2v) is 9.76. The summed E-state index contributed by atoms with van der Waals surface area (Å²) in [5, 5.41) is 4.66. The number of unbranched alkanes of at least 4 members (excludes halogenated alkanes) is 2. The van der Waals surface area contributed by atoms with Crippen LogP contribution in [0, 0.1) is 0 Å². The zero-order valence-electron chi connectivity index (χ0n) is 17.9. The molecule has 0 spiro atoms. The number of rotatable bonds is 7. The molecule has 0 atom stereocenters. The van der Waals surface area contributed by atoms with Gasteiger partial charge < -0.3 is 9.88 Å². The molecule has 1 saturated heterocycles. The lowest BCUT2D eigenvalue weighted by molar-refractivity contribution is 0.276. The van der Waals surface area contributed by atoms with Gasteiger partial charge >= 0.3 is 0 Å². The zero-order valence-corrected chi connectivity index (χ0v) is 19.4. The van der Waals surface area contributed by atoms with Crippen molar-refractivity contribution in [3.05, 3.63) is 63.4 Å². The average molecular weight is 457 g/mol. The van der Waals surface area contributed by atoms with Gasteiger partial charge in [0.25, 0.3) is 0 Å². The van der Waals surface area contributed by atoms with Crippen LogP contribution < -0.4 is 5.32 Å². The Balaban J connectivity index is 1.22. The molecule has 0 radical (unpaired) electrons. The minimum Gasteiger partial charge on any atom is -0.328 e. The summed E-state index contributed by atoms with van der Waals surface area (Å²) < 4.78 is 2.42. The largest absolute Gasteiger partial charge is 0.328 e. The fourth-order valence-corrected chi connectivity index (χ4v) is 5.43. The second kappa shape index (κ2) is 9.50. The van der Waals surface area contributed by atoms with Crippen LogP contribution in [0.25, 0.3) is 11.0 Å². The van der Waals surface area contributed by atoms with E-state index in [0.717, 1.165) is 63.0 Å². The minimum atomic E-state index is 0.509. The van der Waals surface area contributed by atoms with Gasteiger partial charge in [0.05, 0.1) is 21.1 Å². The van der Waals surface area contributed by atoms with Gasteiger partial charge in [-0.25, -0.2) is 4.98 Å². The summed E-state index contributed by atoms with van der Waals surface area (Å²) in [6.45, 7) is 6.49. The molecule has 0 saturated carbocycles. The summed E-state index contributed by atoms with van der Waals surface area (Å²) >= 11 is 12.6. The molecule has 0 unspecified atom stereocenters. The van der Waals surface area contributed by atoms with Crippen molar-refractivity contribution in [1.82, 2.24) is 19.8 Å². The lowest BCUT2D eigenvalue weighted by Gasteiger charge is -2.23. The van der Waals surface area contributed by atoms with Gasteiger partial charge in [0.15, 0.2) is 0 Å². The molecule has 3 aromatic rings. The molecule has 4 nitrogen and oxygen atoms in total. The summed E-state index contributed by atoms with van der Waals surface area (Å²) in [5.41, 5.74) is 5.08. The van der Waals surface area contributed by atoms with Crippen molar-refractivity contribution in [2.75, 3.05) is 19.6 Å². The zero-order chi connectivity index (χ0) is 21.2. The standard InChI is InChI=1S/C25H30Cl2N4/c26-21-14-23-24(15-22(21)27)31(25(29-23)18-8-10-28-11-9-18)13-5-1-4-12-30-16-19-6-2-3-7-20(19)17-30/h2-3,6-7,14-15,18,28H,1,4-5,8-13,16-17H2. The summed E-state index contributed by atoms with van der Waals surface area (Å²) in [4.78, 5) is 7.58. The van der Waals surface area contributed by atoms with Crippen molar-refractivity contribution in [3.63, 3.8) is 0 Å². The Hall–Kier alpha value is -1.59. The Kier molecular flexibility index (Phi) is 6.51. The van der Waals surface area contributed by atoms with Crippen molar-refractivity contribution >= 4 is 34.2 Å². The highest BCUT2D eigenvalue weighted by atomic mass is 35.5. The number of benzene rings is 2. The molecule has 2 aliphatic rings. The first-order valence-electron chi connectivity index (χ1n) is 11.5. The van der Waals surface area contributed by atoms with E-state index < -0.39 is 0 Å². The van der Waals surface area contributed by atoms with Crippen LogP contribution in [-0.4, -0.2) is 34.1 Å². The first kappa shape index (κ1) is 21.3. The monoisotopic (exact) mass is 456 g/mol. The van der Waals surface area contributed by atoms with Gasteiger partial charge in [-0.05, 0) is 68.6 Å². The smallest absolute Gasteiger partial charge is 0.113 e. The molecule has 31 heavy (non-hydrogen) atoms. The predicted octanol–water partition coefficient (Wildman–Crippen LogP) is 6.00. The van der Waals surface area contributed by atoms with Crippen molar-refractivity contribution in [3.8, 4) is 0 Å². The number of nitrogens with zero attached hydrogens (tertiary/aromatic N) is 3. The number of fused-ring (bicyclic) bond motifs is 2. The van der Waals surface area contributed by atoms with E-state index in [9.17, 15) is 0 Å². The molecular weight excluding hydrogens is 427 g/mol. The van der Waals surface area contributed by atoms with Crippen LogP contribution in [0.2, 0.25) is 10.0 Å². The van der Waals surface area contributed by atoms with E-state index in [2.05, 4.69) is 39.0 Å². The third-order valence-corrected chi connectivity index (χ3v) is 7.51. The molecule has 6 heteroatoms. The van der Waals surface area contributed by atoms with Crippen LogP contribution >= 0.6 is 23.2 Å². The van der Waals surface area contributed by atoms with E-state index >= 15 is 0 Å². The number of nitrogens with one attached hydrogen (secondary N) is 1. The third kappa shape index (κ3) is 4.63. The predicted molar refractivity (Wildman–Crippen MR) is 129 cm³/mol. The van der Waals surface area contributed by atoms with Gasteiger partial charge in [-0.2, -0.15) is 0 Å². The minimum absolute atomic E-state index is 0.509. The highest BCUT2D eigenvalue weighted by molar-refractivity contribution is 6.42. The van der Waals surface area contributed by atoms with Crippen LogP contribution in [0.5, 0.6) is 0 Å². The summed E-state index contributed by atoms with van der Waals surface area (Å²) in [6, 6.07) is 12.7. The average Bonchev–Trinajstić information content (AvgIpc) is 3.35. The Labute approximate surface area is 194 Å².